The molecular formula is C27H32FN3O6. The Balaban J connectivity index is 1.48. The molecule has 1 heterocycles. The molecule has 0 bridgehead atoms. The Bertz CT molecular complexity index is 1150. The van der Waals surface area contributed by atoms with Gasteiger partial charge in [-0.3, -0.25) is 9.59 Å². The standard InChI is InChI=1S/C27H32FN3O6/c1-15(2)11-23(25(34)29-22-10-7-18(12-21(22)28)16-3-4-16)31-26(35)24(30-27(31)36)17-5-8-20(9-6-17)37-14-19(33)13-32/h5-10,12,15-16,19,23-24,32-33H,3-4,11,13-14H2,1-2H3,(H,29,34)(H,30,36)/t19-,23+,24-/m1/s1. The molecule has 1 aliphatic carbocycles. The van der Waals surface area contributed by atoms with Gasteiger partial charge in [0.15, 0.2) is 0 Å². The van der Waals surface area contributed by atoms with Crippen LogP contribution in [0.4, 0.5) is 14.9 Å². The van der Waals surface area contributed by atoms with Crippen molar-refractivity contribution in [2.45, 2.75) is 57.2 Å². The van der Waals surface area contributed by atoms with Crippen LogP contribution in [0.5, 0.6) is 5.75 Å². The lowest BCUT2D eigenvalue weighted by molar-refractivity contribution is -0.134. The fourth-order valence-corrected chi connectivity index (χ4v) is 4.31. The van der Waals surface area contributed by atoms with Crippen LogP contribution in [0.2, 0.25) is 0 Å². The van der Waals surface area contributed by atoms with Gasteiger partial charge in [0.25, 0.3) is 5.91 Å². The molecule has 4 amide bonds. The van der Waals surface area contributed by atoms with Crippen LogP contribution in [-0.2, 0) is 9.59 Å². The van der Waals surface area contributed by atoms with Gasteiger partial charge in [0.05, 0.1) is 12.3 Å². The maximum absolute atomic E-state index is 14.7. The molecule has 1 saturated carbocycles. The first kappa shape index (κ1) is 26.6. The van der Waals surface area contributed by atoms with Gasteiger partial charge in [-0.05, 0) is 66.5 Å². The molecule has 3 atom stereocenters. The smallest absolute Gasteiger partial charge is 0.325 e. The molecule has 1 aliphatic heterocycles. The lowest BCUT2D eigenvalue weighted by Crippen LogP contribution is -2.48. The third kappa shape index (κ3) is 6.26. The number of nitrogens with zero attached hydrogens (tertiary/aromatic N) is 1. The molecule has 37 heavy (non-hydrogen) atoms. The maximum atomic E-state index is 14.7. The van der Waals surface area contributed by atoms with E-state index in [-0.39, 0.29) is 24.6 Å². The van der Waals surface area contributed by atoms with E-state index in [9.17, 15) is 23.9 Å². The summed E-state index contributed by atoms with van der Waals surface area (Å²) in [5.41, 5.74) is 1.39. The van der Waals surface area contributed by atoms with Crippen molar-refractivity contribution in [3.8, 4) is 5.75 Å². The monoisotopic (exact) mass is 513 g/mol. The number of nitrogens with one attached hydrogen (secondary N) is 2. The van der Waals surface area contributed by atoms with E-state index in [1.54, 1.807) is 30.3 Å². The quantitative estimate of drug-likeness (QED) is 0.342. The Hall–Kier alpha value is -3.50. The normalized spacial score (nSPS) is 19.1. The van der Waals surface area contributed by atoms with Crippen molar-refractivity contribution in [1.82, 2.24) is 10.2 Å². The Morgan fingerprint density at radius 2 is 1.84 bits per heavy atom. The van der Waals surface area contributed by atoms with Gasteiger partial charge < -0.3 is 25.6 Å². The second-order valence-corrected chi connectivity index (χ2v) is 9.96. The van der Waals surface area contributed by atoms with Crippen molar-refractivity contribution in [1.29, 1.82) is 0 Å². The first-order valence-corrected chi connectivity index (χ1v) is 12.4. The molecule has 198 valence electrons. The molecule has 1 saturated heterocycles. The molecule has 0 spiro atoms. The van der Waals surface area contributed by atoms with E-state index >= 15 is 0 Å². The Kier molecular flexibility index (Phi) is 8.09. The van der Waals surface area contributed by atoms with Crippen LogP contribution in [0.1, 0.15) is 56.2 Å². The predicted octanol–water partition coefficient (Wildman–Crippen LogP) is 3.08. The minimum Gasteiger partial charge on any atom is -0.491 e. The summed E-state index contributed by atoms with van der Waals surface area (Å²) in [5, 5.41) is 23.5. The van der Waals surface area contributed by atoms with E-state index in [2.05, 4.69) is 10.6 Å². The molecular weight excluding hydrogens is 481 g/mol. The number of urea groups is 1. The molecule has 4 N–H and O–H groups in total. The van der Waals surface area contributed by atoms with Crippen molar-refractivity contribution in [3.05, 3.63) is 59.4 Å². The number of carbonyl (C=O) groups is 3. The number of hydrogen-bond acceptors (Lipinski definition) is 6. The van der Waals surface area contributed by atoms with Crippen LogP contribution in [0.3, 0.4) is 0 Å². The third-order valence-electron chi connectivity index (χ3n) is 6.45. The second kappa shape index (κ2) is 11.3. The number of carbonyl (C=O) groups excluding carboxylic acids is 3. The first-order chi connectivity index (χ1) is 17.7. The number of rotatable bonds is 11. The highest BCUT2D eigenvalue weighted by atomic mass is 19.1. The van der Waals surface area contributed by atoms with Crippen LogP contribution < -0.4 is 15.4 Å². The molecule has 9 nitrogen and oxygen atoms in total. The number of halogens is 1. The van der Waals surface area contributed by atoms with E-state index in [1.807, 2.05) is 13.8 Å². The molecule has 2 aromatic carbocycles. The van der Waals surface area contributed by atoms with Crippen molar-refractivity contribution < 1.29 is 33.7 Å². The molecule has 0 radical (unpaired) electrons. The van der Waals surface area contributed by atoms with Crippen molar-refractivity contribution in [2.75, 3.05) is 18.5 Å². The summed E-state index contributed by atoms with van der Waals surface area (Å²) in [4.78, 5) is 40.4. The van der Waals surface area contributed by atoms with Gasteiger partial charge in [0.2, 0.25) is 5.91 Å². The summed E-state index contributed by atoms with van der Waals surface area (Å²) >= 11 is 0. The molecule has 2 aliphatic rings. The lowest BCUT2D eigenvalue weighted by atomic mass is 10.0. The van der Waals surface area contributed by atoms with E-state index in [4.69, 9.17) is 9.84 Å². The zero-order chi connectivity index (χ0) is 26.7. The zero-order valence-corrected chi connectivity index (χ0v) is 20.8. The number of aliphatic hydroxyl groups is 2. The number of benzene rings is 2. The highest BCUT2D eigenvalue weighted by Gasteiger charge is 2.45. The average Bonchev–Trinajstić information content (AvgIpc) is 3.68. The highest BCUT2D eigenvalue weighted by molar-refractivity contribution is 6.09. The fraction of sp³-hybridized carbons (Fsp3) is 0.444. The molecule has 2 aromatic rings. The van der Waals surface area contributed by atoms with E-state index in [0.29, 0.717) is 17.2 Å². The SMILES string of the molecule is CC(C)C[C@@H](C(=O)Nc1ccc(C2CC2)cc1F)N1C(=O)N[C@H](c2ccc(OC[C@H](O)CO)cc2)C1=O. The molecule has 4 rings (SSSR count). The number of imide groups is 1. The summed E-state index contributed by atoms with van der Waals surface area (Å²) in [6, 6.07) is 8.26. The van der Waals surface area contributed by atoms with Crippen molar-refractivity contribution >= 4 is 23.5 Å². The molecule has 0 aromatic heterocycles. The highest BCUT2D eigenvalue weighted by Crippen LogP contribution is 2.40. The lowest BCUT2D eigenvalue weighted by Gasteiger charge is -2.26. The molecule has 2 fully saturated rings. The first-order valence-electron chi connectivity index (χ1n) is 12.4. The number of amides is 4. The number of ether oxygens (including phenoxy) is 1. The minimum atomic E-state index is -1.12. The van der Waals surface area contributed by atoms with E-state index in [0.717, 1.165) is 23.3 Å². The Morgan fingerprint density at radius 1 is 1.16 bits per heavy atom. The third-order valence-corrected chi connectivity index (χ3v) is 6.45. The predicted molar refractivity (Wildman–Crippen MR) is 133 cm³/mol. The van der Waals surface area contributed by atoms with Crippen LogP contribution in [0.25, 0.3) is 0 Å². The van der Waals surface area contributed by atoms with Gasteiger partial charge in [-0.2, -0.15) is 0 Å². The molecule has 10 heteroatoms. The van der Waals surface area contributed by atoms with Gasteiger partial charge in [-0.25, -0.2) is 14.1 Å². The van der Waals surface area contributed by atoms with Gasteiger partial charge in [-0.15, -0.1) is 0 Å². The summed E-state index contributed by atoms with van der Waals surface area (Å²) in [6.07, 6.45) is 1.24. The molecule has 0 unspecified atom stereocenters. The summed E-state index contributed by atoms with van der Waals surface area (Å²) in [5.74, 6) is -1.02. The van der Waals surface area contributed by atoms with Gasteiger partial charge in [-0.1, -0.05) is 32.0 Å². The largest absolute Gasteiger partial charge is 0.491 e. The minimum absolute atomic E-state index is 0.00802. The Morgan fingerprint density at radius 3 is 2.43 bits per heavy atom. The van der Waals surface area contributed by atoms with Crippen molar-refractivity contribution in [3.63, 3.8) is 0 Å². The number of aliphatic hydroxyl groups excluding tert-OH is 2. The summed E-state index contributed by atoms with van der Waals surface area (Å²) in [6.45, 7) is 3.21. The van der Waals surface area contributed by atoms with Crippen LogP contribution in [-0.4, -0.2) is 58.3 Å². The van der Waals surface area contributed by atoms with E-state index < -0.39 is 48.5 Å². The number of anilines is 1. The fourth-order valence-electron chi connectivity index (χ4n) is 4.31. The number of hydrogen-bond donors (Lipinski definition) is 4. The van der Waals surface area contributed by atoms with Crippen LogP contribution in [0, 0.1) is 11.7 Å². The van der Waals surface area contributed by atoms with Gasteiger partial charge in [0.1, 0.15) is 36.4 Å². The summed E-state index contributed by atoms with van der Waals surface area (Å²) in [7, 11) is 0. The zero-order valence-electron chi connectivity index (χ0n) is 20.8. The van der Waals surface area contributed by atoms with Crippen LogP contribution >= 0.6 is 0 Å². The van der Waals surface area contributed by atoms with Crippen LogP contribution in [0.15, 0.2) is 42.5 Å². The van der Waals surface area contributed by atoms with Gasteiger partial charge in [0, 0.05) is 0 Å². The maximum Gasteiger partial charge on any atom is 0.325 e. The average molecular weight is 514 g/mol. The Labute approximate surface area is 214 Å². The van der Waals surface area contributed by atoms with E-state index in [1.165, 1.54) is 12.1 Å². The van der Waals surface area contributed by atoms with Crippen molar-refractivity contribution in [2.24, 2.45) is 5.92 Å². The van der Waals surface area contributed by atoms with Gasteiger partial charge >= 0.3 is 6.03 Å². The summed E-state index contributed by atoms with van der Waals surface area (Å²) < 4.78 is 20.1. The second-order valence-electron chi connectivity index (χ2n) is 9.96. The topological polar surface area (TPSA) is 128 Å².